The Hall–Kier alpha value is -5.46. The first kappa shape index (κ1) is 38.0. The average molecular weight is 679 g/mol. The Morgan fingerprint density at radius 2 is 1.41 bits per heavy atom. The number of ether oxygens (including phenoxy) is 5. The Kier molecular flexibility index (Phi) is 14.6. The molecule has 13 heteroatoms. The number of nitrogens with one attached hydrogen (secondary N) is 1. The van der Waals surface area contributed by atoms with Crippen molar-refractivity contribution in [3.8, 4) is 5.75 Å². The van der Waals surface area contributed by atoms with Gasteiger partial charge in [0.15, 0.2) is 11.9 Å². The van der Waals surface area contributed by atoms with E-state index in [1.54, 1.807) is 43.3 Å². The number of benzene rings is 3. The van der Waals surface area contributed by atoms with Crippen LogP contribution < -0.4 is 10.1 Å². The lowest BCUT2D eigenvalue weighted by atomic mass is 9.99. The van der Waals surface area contributed by atoms with Crippen molar-refractivity contribution < 1.29 is 47.8 Å². The quantitative estimate of drug-likeness (QED) is 0.0786. The summed E-state index contributed by atoms with van der Waals surface area (Å²) < 4.78 is 26.9. The van der Waals surface area contributed by atoms with Crippen LogP contribution in [0.25, 0.3) is 0 Å². The molecule has 0 saturated carbocycles. The minimum absolute atomic E-state index is 0.0343. The number of hydrogen-bond acceptors (Lipinski definition) is 11. The zero-order valence-electron chi connectivity index (χ0n) is 28.0. The second-order valence-electron chi connectivity index (χ2n) is 12.2. The van der Waals surface area contributed by atoms with Gasteiger partial charge in [-0.1, -0.05) is 87.5 Å². The van der Waals surface area contributed by atoms with Gasteiger partial charge in [0.05, 0.1) is 18.1 Å². The van der Waals surface area contributed by atoms with Crippen molar-refractivity contribution >= 4 is 29.7 Å². The van der Waals surface area contributed by atoms with E-state index in [2.05, 4.69) is 5.32 Å². The van der Waals surface area contributed by atoms with Crippen molar-refractivity contribution in [2.45, 2.75) is 72.3 Å². The van der Waals surface area contributed by atoms with E-state index in [4.69, 9.17) is 23.7 Å². The van der Waals surface area contributed by atoms with Crippen molar-refractivity contribution in [1.82, 2.24) is 5.32 Å². The summed E-state index contributed by atoms with van der Waals surface area (Å²) in [6, 6.07) is 20.6. The van der Waals surface area contributed by atoms with E-state index in [0.29, 0.717) is 11.1 Å². The Morgan fingerprint density at radius 3 is 1.98 bits per heavy atom. The lowest BCUT2D eigenvalue weighted by Gasteiger charge is -2.21. The zero-order valence-corrected chi connectivity index (χ0v) is 28.0. The third-order valence-electron chi connectivity index (χ3n) is 6.77. The van der Waals surface area contributed by atoms with Gasteiger partial charge < -0.3 is 29.0 Å². The normalized spacial score (nSPS) is 12.2. The first-order valence-corrected chi connectivity index (χ1v) is 15.8. The van der Waals surface area contributed by atoms with Crippen molar-refractivity contribution in [1.29, 1.82) is 0 Å². The van der Waals surface area contributed by atoms with E-state index in [1.807, 2.05) is 45.0 Å². The molecule has 3 aromatic carbocycles. The third-order valence-corrected chi connectivity index (χ3v) is 6.77. The zero-order chi connectivity index (χ0) is 35.8. The summed E-state index contributed by atoms with van der Waals surface area (Å²) in [6.45, 7) is 7.31. The van der Waals surface area contributed by atoms with Crippen LogP contribution in [0.5, 0.6) is 5.75 Å². The molecule has 13 nitrogen and oxygen atoms in total. The van der Waals surface area contributed by atoms with E-state index in [9.17, 15) is 29.3 Å². The number of nitro groups is 1. The molecule has 3 rings (SSSR count). The SMILES string of the molecule is CCOC(=O)[C@H](Cc1ccc(O[C@@H](CCC(=O)OCc2ccccc2)C(=O)OCc2ccccc2)c([N+](=O)[O-])c1)NC(=O)OCC(C)(C)C. The molecule has 1 amide bonds. The van der Waals surface area contributed by atoms with Crippen LogP contribution in [0.2, 0.25) is 0 Å². The number of alkyl carbamates (subject to hydrolysis) is 1. The Labute approximate surface area is 285 Å². The first-order chi connectivity index (χ1) is 23.3. The van der Waals surface area contributed by atoms with Crippen molar-refractivity contribution in [3.05, 3.63) is 106 Å². The minimum Gasteiger partial charge on any atom is -0.472 e. The highest BCUT2D eigenvalue weighted by atomic mass is 16.6. The monoisotopic (exact) mass is 678 g/mol. The fraction of sp³-hybridized carbons (Fsp3) is 0.389. The molecular weight excluding hydrogens is 636 g/mol. The highest BCUT2D eigenvalue weighted by Gasteiger charge is 2.29. The molecule has 0 heterocycles. The van der Waals surface area contributed by atoms with Gasteiger partial charge in [-0.2, -0.15) is 0 Å². The number of amides is 1. The van der Waals surface area contributed by atoms with Gasteiger partial charge >= 0.3 is 29.7 Å². The topological polar surface area (TPSA) is 170 Å². The fourth-order valence-electron chi connectivity index (χ4n) is 4.33. The number of carbonyl (C=O) groups excluding carboxylic acids is 4. The summed E-state index contributed by atoms with van der Waals surface area (Å²) in [6.07, 6.45) is -2.83. The van der Waals surface area contributed by atoms with E-state index < -0.39 is 46.8 Å². The predicted molar refractivity (Wildman–Crippen MR) is 177 cm³/mol. The average Bonchev–Trinajstić information content (AvgIpc) is 3.08. The van der Waals surface area contributed by atoms with Crippen LogP contribution in [-0.4, -0.2) is 54.3 Å². The van der Waals surface area contributed by atoms with Gasteiger partial charge in [-0.3, -0.25) is 14.9 Å². The summed E-state index contributed by atoms with van der Waals surface area (Å²) in [5, 5.41) is 14.6. The number of nitro benzene ring substituents is 1. The fourth-order valence-corrected chi connectivity index (χ4v) is 4.33. The van der Waals surface area contributed by atoms with Gasteiger partial charge in [0.25, 0.3) is 0 Å². The molecular formula is C36H42N2O11. The number of nitrogens with zero attached hydrogens (tertiary/aromatic N) is 1. The molecule has 0 aliphatic carbocycles. The molecule has 0 fully saturated rings. The highest BCUT2D eigenvalue weighted by Crippen LogP contribution is 2.30. The lowest BCUT2D eigenvalue weighted by molar-refractivity contribution is -0.386. The van der Waals surface area contributed by atoms with Gasteiger partial charge in [0, 0.05) is 25.3 Å². The number of rotatable bonds is 17. The highest BCUT2D eigenvalue weighted by molar-refractivity contribution is 5.82. The van der Waals surface area contributed by atoms with Gasteiger partial charge in [-0.25, -0.2) is 14.4 Å². The molecule has 0 aliphatic heterocycles. The molecule has 0 saturated heterocycles. The molecule has 3 aromatic rings. The number of hydrogen-bond donors (Lipinski definition) is 1. The number of esters is 3. The second kappa shape index (κ2) is 18.8. The minimum atomic E-state index is -1.40. The summed E-state index contributed by atoms with van der Waals surface area (Å²) in [7, 11) is 0. The Balaban J connectivity index is 1.78. The van der Waals surface area contributed by atoms with Gasteiger partial charge in [-0.15, -0.1) is 0 Å². The van der Waals surface area contributed by atoms with Gasteiger partial charge in [0.2, 0.25) is 0 Å². The van der Waals surface area contributed by atoms with Gasteiger partial charge in [-0.05, 0) is 35.1 Å². The van der Waals surface area contributed by atoms with Crippen molar-refractivity contribution in [2.75, 3.05) is 13.2 Å². The van der Waals surface area contributed by atoms with Crippen LogP contribution in [0.4, 0.5) is 10.5 Å². The molecule has 0 unspecified atom stereocenters. The largest absolute Gasteiger partial charge is 0.472 e. The summed E-state index contributed by atoms with van der Waals surface area (Å²) in [5.41, 5.74) is 0.952. The summed E-state index contributed by atoms with van der Waals surface area (Å²) >= 11 is 0. The third kappa shape index (κ3) is 13.7. The maximum Gasteiger partial charge on any atom is 0.407 e. The van der Waals surface area contributed by atoms with Crippen LogP contribution in [0.1, 0.15) is 57.2 Å². The maximum absolute atomic E-state index is 13.2. The Bertz CT molecular complexity index is 1560. The van der Waals surface area contributed by atoms with E-state index in [1.165, 1.54) is 18.2 Å². The molecule has 0 radical (unpaired) electrons. The van der Waals surface area contributed by atoms with Crippen LogP contribution in [0, 0.1) is 15.5 Å². The van der Waals surface area contributed by atoms with Crippen molar-refractivity contribution in [2.24, 2.45) is 5.41 Å². The van der Waals surface area contributed by atoms with E-state index in [0.717, 1.165) is 5.56 Å². The van der Waals surface area contributed by atoms with E-state index >= 15 is 0 Å². The molecule has 0 bridgehead atoms. The molecule has 0 aromatic heterocycles. The van der Waals surface area contributed by atoms with E-state index in [-0.39, 0.29) is 56.9 Å². The summed E-state index contributed by atoms with van der Waals surface area (Å²) in [4.78, 5) is 62.3. The van der Waals surface area contributed by atoms with Gasteiger partial charge in [0.1, 0.15) is 19.3 Å². The molecule has 1 N–H and O–H groups in total. The predicted octanol–water partition coefficient (Wildman–Crippen LogP) is 5.86. The number of carbonyl (C=O) groups is 4. The van der Waals surface area contributed by atoms with Crippen LogP contribution in [0.3, 0.4) is 0 Å². The second-order valence-corrected chi connectivity index (χ2v) is 12.2. The molecule has 262 valence electrons. The standard InChI is InChI=1S/C36H42N2O11/c1-5-45-33(40)28(37-35(42)48-24-36(2,3)4)20-27-16-17-30(29(21-27)38(43)44)49-31(34(41)47-23-26-14-10-7-11-15-26)18-19-32(39)46-22-25-12-8-6-9-13-25/h6-17,21,28,31H,5,18-20,22-24H2,1-4H3,(H,37,42)/t28-,31-/m0/s1. The van der Waals surface area contributed by atoms with Crippen molar-refractivity contribution in [3.63, 3.8) is 0 Å². The molecule has 0 aliphatic rings. The summed E-state index contributed by atoms with van der Waals surface area (Å²) in [5.74, 6) is -2.45. The molecule has 0 spiro atoms. The molecule has 49 heavy (non-hydrogen) atoms. The maximum atomic E-state index is 13.2. The first-order valence-electron chi connectivity index (χ1n) is 15.8. The van der Waals surface area contributed by atoms with Crippen LogP contribution >= 0.6 is 0 Å². The van der Waals surface area contributed by atoms with Crippen LogP contribution in [0.15, 0.2) is 78.9 Å². The smallest absolute Gasteiger partial charge is 0.407 e. The Morgan fingerprint density at radius 1 is 0.796 bits per heavy atom. The van der Waals surface area contributed by atoms with Crippen LogP contribution in [-0.2, 0) is 53.0 Å². The lowest BCUT2D eigenvalue weighted by Crippen LogP contribution is -2.44. The molecule has 2 atom stereocenters.